The number of carbonyl (C=O) groups is 1. The molecule has 2 aliphatic rings. The van der Waals surface area contributed by atoms with Gasteiger partial charge in [0.25, 0.3) is 11.5 Å². The Bertz CT molecular complexity index is 1380. The van der Waals surface area contributed by atoms with Crippen LogP contribution in [0.5, 0.6) is 0 Å². The molecule has 0 unspecified atom stereocenters. The minimum atomic E-state index is -0.181. The summed E-state index contributed by atoms with van der Waals surface area (Å²) in [5.74, 6) is 0.480. The van der Waals surface area contributed by atoms with Crippen molar-refractivity contribution in [2.24, 2.45) is 0 Å². The van der Waals surface area contributed by atoms with E-state index in [0.717, 1.165) is 38.2 Å². The summed E-state index contributed by atoms with van der Waals surface area (Å²) >= 11 is 6.69. The van der Waals surface area contributed by atoms with Gasteiger partial charge in [-0.3, -0.25) is 18.9 Å². The highest BCUT2D eigenvalue weighted by Gasteiger charge is 2.32. The molecular formula is C26H27N5O2S2. The van der Waals surface area contributed by atoms with Gasteiger partial charge in [-0.05, 0) is 43.2 Å². The lowest BCUT2D eigenvalue weighted by Gasteiger charge is -2.37. The van der Waals surface area contributed by atoms with Gasteiger partial charge in [-0.2, -0.15) is 0 Å². The van der Waals surface area contributed by atoms with Crippen LogP contribution in [0.4, 0.5) is 11.5 Å². The van der Waals surface area contributed by atoms with Crippen molar-refractivity contribution in [1.82, 2.24) is 14.3 Å². The van der Waals surface area contributed by atoms with E-state index >= 15 is 0 Å². The van der Waals surface area contributed by atoms with Gasteiger partial charge in [0.2, 0.25) is 0 Å². The van der Waals surface area contributed by atoms with Gasteiger partial charge < -0.3 is 9.80 Å². The van der Waals surface area contributed by atoms with Gasteiger partial charge in [0, 0.05) is 44.6 Å². The normalized spacial score (nSPS) is 17.8. The van der Waals surface area contributed by atoms with Crippen LogP contribution in [0.2, 0.25) is 0 Å². The van der Waals surface area contributed by atoms with Crippen LogP contribution in [-0.2, 0) is 4.79 Å². The SMILES string of the molecule is CCCN1C(=O)C(=Cc2c(N3CCN(c4ccccc4)CC3)nc3c(C)cccn3c2=O)SC1=S. The van der Waals surface area contributed by atoms with E-state index < -0.39 is 0 Å². The van der Waals surface area contributed by atoms with Gasteiger partial charge in [-0.15, -0.1) is 0 Å². The van der Waals surface area contributed by atoms with E-state index in [2.05, 4.69) is 21.9 Å². The van der Waals surface area contributed by atoms with E-state index in [4.69, 9.17) is 17.2 Å². The maximum Gasteiger partial charge on any atom is 0.267 e. The van der Waals surface area contributed by atoms with Crippen molar-refractivity contribution >= 4 is 57.4 Å². The third-order valence-corrected chi connectivity index (χ3v) is 7.74. The average molecular weight is 506 g/mol. The summed E-state index contributed by atoms with van der Waals surface area (Å²) < 4.78 is 2.10. The number of benzene rings is 1. The molecule has 0 aliphatic carbocycles. The molecule has 0 bridgehead atoms. The van der Waals surface area contributed by atoms with Crippen LogP contribution in [-0.4, -0.2) is 57.2 Å². The topological polar surface area (TPSA) is 61.2 Å². The summed E-state index contributed by atoms with van der Waals surface area (Å²) in [5.41, 5.74) is 3.00. The largest absolute Gasteiger partial charge is 0.368 e. The minimum absolute atomic E-state index is 0.143. The summed E-state index contributed by atoms with van der Waals surface area (Å²) in [6.07, 6.45) is 4.24. The molecule has 0 saturated carbocycles. The van der Waals surface area contributed by atoms with Crippen LogP contribution in [0.1, 0.15) is 24.5 Å². The number of thioether (sulfide) groups is 1. The lowest BCUT2D eigenvalue weighted by atomic mass is 10.2. The number of hydrogen-bond donors (Lipinski definition) is 0. The van der Waals surface area contributed by atoms with E-state index in [1.54, 1.807) is 21.6 Å². The van der Waals surface area contributed by atoms with Crippen molar-refractivity contribution in [1.29, 1.82) is 0 Å². The number of thiocarbonyl (C=S) groups is 1. The molecular weight excluding hydrogens is 478 g/mol. The molecule has 35 heavy (non-hydrogen) atoms. The molecule has 9 heteroatoms. The molecule has 0 atom stereocenters. The Kier molecular flexibility index (Phi) is 6.62. The first-order valence-electron chi connectivity index (χ1n) is 11.8. The predicted molar refractivity (Wildman–Crippen MR) is 147 cm³/mol. The Labute approximate surface area is 214 Å². The number of nitrogens with zero attached hydrogens (tertiary/aromatic N) is 5. The van der Waals surface area contributed by atoms with E-state index in [1.165, 1.54) is 17.4 Å². The van der Waals surface area contributed by atoms with Crippen LogP contribution in [0, 0.1) is 6.92 Å². The standard InChI is InChI=1S/C26H27N5O2S2/c1-3-11-31-25(33)21(35-26(31)34)17-20-23(27-22-18(2)8-7-12-30(22)24(20)32)29-15-13-28(14-16-29)19-9-5-4-6-10-19/h4-10,12,17H,3,11,13-16H2,1-2H3. The summed E-state index contributed by atoms with van der Waals surface area (Å²) in [6.45, 7) is 7.62. The van der Waals surface area contributed by atoms with Crippen molar-refractivity contribution in [3.63, 3.8) is 0 Å². The van der Waals surface area contributed by atoms with Crippen molar-refractivity contribution in [2.45, 2.75) is 20.3 Å². The Morgan fingerprint density at radius 2 is 1.74 bits per heavy atom. The number of para-hydroxylation sites is 1. The number of carbonyl (C=O) groups excluding carboxylic acids is 1. The molecule has 0 spiro atoms. The molecule has 1 aromatic carbocycles. The highest BCUT2D eigenvalue weighted by Crippen LogP contribution is 2.34. The Balaban J connectivity index is 1.55. The Hall–Kier alpha value is -3.17. The first-order valence-corrected chi connectivity index (χ1v) is 13.0. The van der Waals surface area contributed by atoms with Crippen LogP contribution in [0.15, 0.2) is 58.4 Å². The summed E-state index contributed by atoms with van der Waals surface area (Å²) in [5, 5.41) is 0. The van der Waals surface area contributed by atoms with Crippen LogP contribution in [0.25, 0.3) is 11.7 Å². The monoisotopic (exact) mass is 505 g/mol. The molecule has 3 aromatic rings. The number of anilines is 2. The second-order valence-electron chi connectivity index (χ2n) is 8.68. The van der Waals surface area contributed by atoms with Gasteiger partial charge in [0.05, 0.1) is 10.5 Å². The quantitative estimate of drug-likeness (QED) is 0.385. The Morgan fingerprint density at radius 1 is 1.03 bits per heavy atom. The summed E-state index contributed by atoms with van der Waals surface area (Å²) in [4.78, 5) is 38.3. The third kappa shape index (κ3) is 4.46. The Morgan fingerprint density at radius 3 is 2.46 bits per heavy atom. The number of rotatable bonds is 5. The number of piperazine rings is 1. The highest BCUT2D eigenvalue weighted by atomic mass is 32.2. The maximum atomic E-state index is 13.7. The summed E-state index contributed by atoms with van der Waals surface area (Å²) in [6, 6.07) is 14.1. The molecule has 2 aromatic heterocycles. The molecule has 180 valence electrons. The van der Waals surface area contributed by atoms with Crippen molar-refractivity contribution < 1.29 is 4.79 Å². The molecule has 2 fully saturated rings. The number of amides is 1. The number of pyridine rings is 1. The first kappa shape index (κ1) is 23.6. The zero-order valence-electron chi connectivity index (χ0n) is 19.8. The zero-order chi connectivity index (χ0) is 24.5. The van der Waals surface area contributed by atoms with Gasteiger partial charge in [0.15, 0.2) is 0 Å². The number of fused-ring (bicyclic) bond motifs is 1. The molecule has 5 rings (SSSR count). The number of aromatic nitrogens is 2. The van der Waals surface area contributed by atoms with Gasteiger partial charge >= 0.3 is 0 Å². The van der Waals surface area contributed by atoms with E-state index in [-0.39, 0.29) is 11.5 Å². The second-order valence-corrected chi connectivity index (χ2v) is 10.4. The van der Waals surface area contributed by atoms with E-state index in [1.807, 2.05) is 44.2 Å². The molecule has 1 amide bonds. The number of hydrogen-bond acceptors (Lipinski definition) is 7. The van der Waals surface area contributed by atoms with Crippen LogP contribution in [0.3, 0.4) is 0 Å². The predicted octanol–water partition coefficient (Wildman–Crippen LogP) is 3.94. The maximum absolute atomic E-state index is 13.7. The fourth-order valence-corrected chi connectivity index (χ4v) is 5.82. The van der Waals surface area contributed by atoms with Gasteiger partial charge in [-0.25, -0.2) is 4.98 Å². The van der Waals surface area contributed by atoms with Crippen LogP contribution < -0.4 is 15.4 Å². The number of aryl methyl sites for hydroxylation is 1. The molecule has 4 heterocycles. The second kappa shape index (κ2) is 9.83. The molecule has 2 aliphatic heterocycles. The fourth-order valence-electron chi connectivity index (χ4n) is 4.53. The zero-order valence-corrected chi connectivity index (χ0v) is 21.4. The molecule has 0 N–H and O–H groups in total. The van der Waals surface area contributed by atoms with E-state index in [9.17, 15) is 9.59 Å². The lowest BCUT2D eigenvalue weighted by Crippen LogP contribution is -2.47. The average Bonchev–Trinajstić information content (AvgIpc) is 3.14. The molecule has 0 radical (unpaired) electrons. The van der Waals surface area contributed by atoms with Crippen LogP contribution >= 0.6 is 24.0 Å². The van der Waals surface area contributed by atoms with Gasteiger partial charge in [0.1, 0.15) is 15.8 Å². The smallest absolute Gasteiger partial charge is 0.267 e. The minimum Gasteiger partial charge on any atom is -0.368 e. The lowest BCUT2D eigenvalue weighted by molar-refractivity contribution is -0.122. The van der Waals surface area contributed by atoms with Crippen molar-refractivity contribution in [3.05, 3.63) is 75.0 Å². The van der Waals surface area contributed by atoms with E-state index in [0.29, 0.717) is 32.8 Å². The first-order chi connectivity index (χ1) is 17.0. The molecule has 7 nitrogen and oxygen atoms in total. The summed E-state index contributed by atoms with van der Waals surface area (Å²) in [7, 11) is 0. The van der Waals surface area contributed by atoms with Crippen molar-refractivity contribution in [2.75, 3.05) is 42.5 Å². The highest BCUT2D eigenvalue weighted by molar-refractivity contribution is 8.26. The van der Waals surface area contributed by atoms with Gasteiger partial charge in [-0.1, -0.05) is 55.2 Å². The van der Waals surface area contributed by atoms with Crippen molar-refractivity contribution in [3.8, 4) is 0 Å². The fraction of sp³-hybridized carbons (Fsp3) is 0.308. The molecule has 2 saturated heterocycles. The third-order valence-electron chi connectivity index (χ3n) is 6.36.